The fraction of sp³-hybridized carbons (Fsp3) is 0.280. The number of amides is 2. The van der Waals surface area contributed by atoms with Gasteiger partial charge < -0.3 is 24.3 Å². The average Bonchev–Trinajstić information content (AvgIpc) is 3.29. The van der Waals surface area contributed by atoms with Crippen LogP contribution in [-0.4, -0.2) is 52.0 Å². The minimum atomic E-state index is -1.24. The molecule has 1 aliphatic rings. The number of hydrogen-bond acceptors (Lipinski definition) is 6. The van der Waals surface area contributed by atoms with Gasteiger partial charge in [0.1, 0.15) is 17.0 Å². The van der Waals surface area contributed by atoms with Crippen LogP contribution in [0.2, 0.25) is 0 Å². The summed E-state index contributed by atoms with van der Waals surface area (Å²) in [6, 6.07) is 16.8. The van der Waals surface area contributed by atoms with Crippen molar-refractivity contribution in [2.24, 2.45) is 0 Å². The third-order valence-electron chi connectivity index (χ3n) is 6.04. The smallest absolute Gasteiger partial charge is 0.359 e. The number of rotatable bonds is 7. The van der Waals surface area contributed by atoms with Crippen LogP contribution < -0.4 is 10.1 Å². The van der Waals surface area contributed by atoms with Crippen LogP contribution in [0.5, 0.6) is 5.75 Å². The predicted molar refractivity (Wildman–Crippen MR) is 123 cm³/mol. The quantitative estimate of drug-likeness (QED) is 0.541. The van der Waals surface area contributed by atoms with Crippen molar-refractivity contribution < 1.29 is 23.9 Å². The van der Waals surface area contributed by atoms with Crippen molar-refractivity contribution in [2.45, 2.75) is 32.1 Å². The SMILES string of the molecule is COC(=O)c1ncn2c1C(=O)N(Cc1ccccc1)[C@@](C)(C(=O)NCc1ccccc1OC)C2. The number of nitrogens with one attached hydrogen (secondary N) is 1. The summed E-state index contributed by atoms with van der Waals surface area (Å²) >= 11 is 0. The molecular formula is C25H26N4O5. The van der Waals surface area contributed by atoms with Crippen LogP contribution >= 0.6 is 0 Å². The van der Waals surface area contributed by atoms with Gasteiger partial charge in [0.15, 0.2) is 5.69 Å². The molecule has 0 saturated carbocycles. The van der Waals surface area contributed by atoms with E-state index >= 15 is 0 Å². The van der Waals surface area contributed by atoms with Gasteiger partial charge in [0.2, 0.25) is 5.91 Å². The molecule has 2 amide bonds. The van der Waals surface area contributed by atoms with E-state index in [0.29, 0.717) is 5.75 Å². The first-order valence-electron chi connectivity index (χ1n) is 10.8. The summed E-state index contributed by atoms with van der Waals surface area (Å²) in [7, 11) is 2.81. The van der Waals surface area contributed by atoms with E-state index in [1.54, 1.807) is 18.6 Å². The van der Waals surface area contributed by atoms with E-state index in [1.165, 1.54) is 18.3 Å². The van der Waals surface area contributed by atoms with Crippen molar-refractivity contribution >= 4 is 17.8 Å². The number of benzene rings is 2. The number of imidazole rings is 1. The molecule has 0 fully saturated rings. The van der Waals surface area contributed by atoms with Crippen LogP contribution in [0.15, 0.2) is 60.9 Å². The van der Waals surface area contributed by atoms with Crippen molar-refractivity contribution in [3.05, 3.63) is 83.4 Å². The van der Waals surface area contributed by atoms with Gasteiger partial charge in [-0.3, -0.25) is 9.59 Å². The number of carbonyl (C=O) groups is 3. The minimum absolute atomic E-state index is 0.0676. The molecule has 0 radical (unpaired) electrons. The van der Waals surface area contributed by atoms with Crippen LogP contribution in [0, 0.1) is 0 Å². The Morgan fingerprint density at radius 2 is 1.79 bits per heavy atom. The maximum absolute atomic E-state index is 13.7. The number of nitrogens with zero attached hydrogens (tertiary/aromatic N) is 3. The number of carbonyl (C=O) groups excluding carboxylic acids is 3. The average molecular weight is 463 g/mol. The van der Waals surface area contributed by atoms with Crippen LogP contribution in [0.25, 0.3) is 0 Å². The second-order valence-corrected chi connectivity index (χ2v) is 8.21. The van der Waals surface area contributed by atoms with Gasteiger partial charge >= 0.3 is 5.97 Å². The maximum Gasteiger partial charge on any atom is 0.359 e. The number of fused-ring (bicyclic) bond motifs is 1. The zero-order valence-corrected chi connectivity index (χ0v) is 19.3. The Bertz CT molecular complexity index is 1220. The molecule has 9 heteroatoms. The lowest BCUT2D eigenvalue weighted by Gasteiger charge is -2.43. The van der Waals surface area contributed by atoms with E-state index in [1.807, 2.05) is 54.6 Å². The summed E-state index contributed by atoms with van der Waals surface area (Å²) in [5.74, 6) is -0.844. The normalized spacial score (nSPS) is 17.1. The van der Waals surface area contributed by atoms with Crippen LogP contribution in [0.1, 0.15) is 39.0 Å². The number of hydrogen-bond donors (Lipinski definition) is 1. The van der Waals surface area contributed by atoms with E-state index in [-0.39, 0.29) is 36.9 Å². The van der Waals surface area contributed by atoms with Gasteiger partial charge in [-0.2, -0.15) is 0 Å². The van der Waals surface area contributed by atoms with Crippen LogP contribution in [0.4, 0.5) is 0 Å². The van der Waals surface area contributed by atoms with Crippen molar-refractivity contribution in [3.8, 4) is 5.75 Å². The Balaban J connectivity index is 1.69. The Hall–Kier alpha value is -4.14. The third kappa shape index (κ3) is 4.12. The lowest BCUT2D eigenvalue weighted by molar-refractivity contribution is -0.133. The lowest BCUT2D eigenvalue weighted by atomic mass is 9.93. The van der Waals surface area contributed by atoms with Crippen molar-refractivity contribution in [2.75, 3.05) is 14.2 Å². The third-order valence-corrected chi connectivity index (χ3v) is 6.04. The summed E-state index contributed by atoms with van der Waals surface area (Å²) in [6.07, 6.45) is 1.39. The number of ether oxygens (including phenoxy) is 2. The summed E-state index contributed by atoms with van der Waals surface area (Å²) in [6.45, 7) is 2.26. The molecule has 3 aromatic rings. The van der Waals surface area contributed by atoms with Gasteiger partial charge in [-0.1, -0.05) is 48.5 Å². The fourth-order valence-corrected chi connectivity index (χ4v) is 4.16. The summed E-state index contributed by atoms with van der Waals surface area (Å²) in [5.41, 5.74) is 0.470. The molecule has 176 valence electrons. The highest BCUT2D eigenvalue weighted by molar-refractivity contribution is 6.06. The summed E-state index contributed by atoms with van der Waals surface area (Å²) in [5, 5.41) is 2.95. The van der Waals surface area contributed by atoms with Crippen molar-refractivity contribution in [1.29, 1.82) is 0 Å². The number of aromatic nitrogens is 2. The van der Waals surface area contributed by atoms with Gasteiger partial charge in [0, 0.05) is 18.7 Å². The Morgan fingerprint density at radius 3 is 2.50 bits per heavy atom. The minimum Gasteiger partial charge on any atom is -0.496 e. The molecule has 0 aliphatic carbocycles. The predicted octanol–water partition coefficient (Wildman–Crippen LogP) is 2.41. The summed E-state index contributed by atoms with van der Waals surface area (Å²) in [4.78, 5) is 45.0. The molecule has 9 nitrogen and oxygen atoms in total. The molecule has 0 bridgehead atoms. The summed E-state index contributed by atoms with van der Waals surface area (Å²) < 4.78 is 11.7. The first-order chi connectivity index (χ1) is 16.4. The van der Waals surface area contributed by atoms with E-state index in [0.717, 1.165) is 11.1 Å². The molecule has 1 aliphatic heterocycles. The van der Waals surface area contributed by atoms with E-state index < -0.39 is 17.4 Å². The van der Waals surface area contributed by atoms with Crippen LogP contribution in [-0.2, 0) is 29.2 Å². The van der Waals surface area contributed by atoms with Crippen molar-refractivity contribution in [3.63, 3.8) is 0 Å². The van der Waals surface area contributed by atoms with Gasteiger partial charge in [0.25, 0.3) is 5.91 Å². The second-order valence-electron chi connectivity index (χ2n) is 8.21. The highest BCUT2D eigenvalue weighted by Crippen LogP contribution is 2.31. The van der Waals surface area contributed by atoms with Gasteiger partial charge in [-0.25, -0.2) is 9.78 Å². The molecule has 4 rings (SSSR count). The zero-order chi connectivity index (χ0) is 24.3. The number of para-hydroxylation sites is 1. The molecule has 0 spiro atoms. The fourth-order valence-electron chi connectivity index (χ4n) is 4.16. The Kier molecular flexibility index (Phi) is 6.36. The maximum atomic E-state index is 13.7. The molecule has 1 aromatic heterocycles. The van der Waals surface area contributed by atoms with E-state index in [4.69, 9.17) is 9.47 Å². The van der Waals surface area contributed by atoms with E-state index in [9.17, 15) is 14.4 Å². The standard InChI is InChI=1S/C25H26N4O5/c1-25(24(32)26-13-18-11-7-8-12-19(18)33-2)15-28-16-27-20(23(31)34-3)21(28)22(30)29(25)14-17-9-5-4-6-10-17/h4-12,16H,13-15H2,1-3H3,(H,26,32)/t25-/m1/s1. The highest BCUT2D eigenvalue weighted by Gasteiger charge is 2.48. The molecule has 2 aromatic carbocycles. The molecule has 0 unspecified atom stereocenters. The Labute approximate surface area is 197 Å². The highest BCUT2D eigenvalue weighted by atomic mass is 16.5. The molecule has 1 atom stereocenters. The molecule has 0 saturated heterocycles. The first-order valence-corrected chi connectivity index (χ1v) is 10.8. The van der Waals surface area contributed by atoms with Gasteiger partial charge in [-0.15, -0.1) is 0 Å². The Morgan fingerprint density at radius 1 is 1.09 bits per heavy atom. The largest absolute Gasteiger partial charge is 0.496 e. The van der Waals surface area contributed by atoms with E-state index in [2.05, 4.69) is 10.3 Å². The second kappa shape index (κ2) is 9.38. The molecule has 34 heavy (non-hydrogen) atoms. The molecule has 1 N–H and O–H groups in total. The van der Waals surface area contributed by atoms with Gasteiger partial charge in [0.05, 0.1) is 27.1 Å². The zero-order valence-electron chi connectivity index (χ0n) is 19.3. The molecule has 2 heterocycles. The van der Waals surface area contributed by atoms with Crippen molar-refractivity contribution in [1.82, 2.24) is 19.8 Å². The number of esters is 1. The lowest BCUT2D eigenvalue weighted by Crippen LogP contribution is -2.63. The molecular weight excluding hydrogens is 436 g/mol. The number of methoxy groups -OCH3 is 2. The topological polar surface area (TPSA) is 103 Å². The first kappa shape index (κ1) is 23.0. The monoisotopic (exact) mass is 462 g/mol. The van der Waals surface area contributed by atoms with Crippen LogP contribution in [0.3, 0.4) is 0 Å². The van der Waals surface area contributed by atoms with Gasteiger partial charge in [-0.05, 0) is 18.6 Å².